The zero-order valence-corrected chi connectivity index (χ0v) is 13.7. The van der Waals surface area contributed by atoms with Crippen molar-refractivity contribution < 1.29 is 19.5 Å². The molecule has 24 heavy (non-hydrogen) atoms. The average Bonchev–Trinajstić information content (AvgIpc) is 3.22. The zero-order chi connectivity index (χ0) is 17.3. The summed E-state index contributed by atoms with van der Waals surface area (Å²) in [4.78, 5) is 35.4. The number of amides is 2. The minimum atomic E-state index is -0.908. The maximum absolute atomic E-state index is 12.5. The highest BCUT2D eigenvalue weighted by molar-refractivity contribution is 5.98. The molecule has 1 aromatic rings. The van der Waals surface area contributed by atoms with E-state index in [4.69, 9.17) is 5.11 Å². The number of carboxylic acids is 1. The van der Waals surface area contributed by atoms with E-state index < -0.39 is 11.5 Å². The van der Waals surface area contributed by atoms with Crippen LogP contribution < -0.4 is 10.6 Å². The quantitative estimate of drug-likeness (QED) is 0.746. The summed E-state index contributed by atoms with van der Waals surface area (Å²) in [5.41, 5.74) is 0.381. The summed E-state index contributed by atoms with van der Waals surface area (Å²) >= 11 is 0. The molecule has 6 nitrogen and oxygen atoms in total. The lowest BCUT2D eigenvalue weighted by Crippen LogP contribution is -2.54. The first-order valence-electron chi connectivity index (χ1n) is 8.34. The Bertz CT molecular complexity index is 681. The smallest absolute Gasteiger partial charge is 0.305 e. The maximum Gasteiger partial charge on any atom is 0.305 e. The summed E-state index contributed by atoms with van der Waals surface area (Å²) < 4.78 is 0. The van der Waals surface area contributed by atoms with E-state index in [1.807, 2.05) is 6.92 Å². The molecule has 0 saturated heterocycles. The number of carboxylic acid groups (broad SMARTS) is 1. The lowest BCUT2D eigenvalue weighted by Gasteiger charge is -2.41. The molecule has 2 aliphatic carbocycles. The van der Waals surface area contributed by atoms with Crippen LogP contribution in [0.15, 0.2) is 24.3 Å². The van der Waals surface area contributed by atoms with E-state index in [0.29, 0.717) is 30.0 Å². The van der Waals surface area contributed by atoms with Gasteiger partial charge in [0.15, 0.2) is 0 Å². The van der Waals surface area contributed by atoms with Crippen LogP contribution in [0, 0.1) is 11.8 Å². The molecule has 0 spiro atoms. The summed E-state index contributed by atoms with van der Waals surface area (Å²) in [6.07, 6.45) is 3.13. The summed E-state index contributed by atoms with van der Waals surface area (Å²) in [7, 11) is 0. The molecular weight excluding hydrogens is 308 g/mol. The Kier molecular flexibility index (Phi) is 4.30. The van der Waals surface area contributed by atoms with Gasteiger partial charge in [0, 0.05) is 17.2 Å². The number of hydrogen-bond donors (Lipinski definition) is 3. The van der Waals surface area contributed by atoms with E-state index in [9.17, 15) is 14.4 Å². The van der Waals surface area contributed by atoms with Crippen LogP contribution in [0.25, 0.3) is 0 Å². The second-order valence-electron chi connectivity index (χ2n) is 7.05. The molecule has 0 bridgehead atoms. The van der Waals surface area contributed by atoms with Crippen molar-refractivity contribution in [2.75, 3.05) is 5.32 Å². The SMILES string of the molecule is CC1CC1C(=O)Nc1cccc(C(=O)NC2(CC(=O)O)CCC2)c1. The van der Waals surface area contributed by atoms with E-state index >= 15 is 0 Å². The Morgan fingerprint density at radius 3 is 2.54 bits per heavy atom. The van der Waals surface area contributed by atoms with Crippen LogP contribution in [0.2, 0.25) is 0 Å². The topological polar surface area (TPSA) is 95.5 Å². The number of aliphatic carboxylic acids is 1. The van der Waals surface area contributed by atoms with Crippen molar-refractivity contribution in [3.05, 3.63) is 29.8 Å². The number of carbonyl (C=O) groups is 3. The number of nitrogens with one attached hydrogen (secondary N) is 2. The van der Waals surface area contributed by atoms with Gasteiger partial charge >= 0.3 is 5.97 Å². The molecule has 2 amide bonds. The Hall–Kier alpha value is -2.37. The highest BCUT2D eigenvalue weighted by Gasteiger charge is 2.41. The second kappa shape index (κ2) is 6.26. The van der Waals surface area contributed by atoms with Gasteiger partial charge in [-0.3, -0.25) is 14.4 Å². The van der Waals surface area contributed by atoms with Gasteiger partial charge in [-0.2, -0.15) is 0 Å². The predicted molar refractivity (Wildman–Crippen MR) is 88.6 cm³/mol. The van der Waals surface area contributed by atoms with Crippen molar-refractivity contribution in [2.45, 2.75) is 44.6 Å². The predicted octanol–water partition coefficient (Wildman–Crippen LogP) is 2.41. The van der Waals surface area contributed by atoms with E-state index in [0.717, 1.165) is 12.8 Å². The highest BCUT2D eigenvalue weighted by Crippen LogP contribution is 2.38. The molecular formula is C18H22N2O4. The van der Waals surface area contributed by atoms with E-state index in [1.165, 1.54) is 0 Å². The van der Waals surface area contributed by atoms with Gasteiger partial charge in [-0.25, -0.2) is 0 Å². The Labute approximate surface area is 140 Å². The molecule has 3 rings (SSSR count). The van der Waals surface area contributed by atoms with Crippen molar-refractivity contribution in [2.24, 2.45) is 11.8 Å². The average molecular weight is 330 g/mol. The molecule has 2 saturated carbocycles. The Morgan fingerprint density at radius 1 is 1.29 bits per heavy atom. The fourth-order valence-corrected chi connectivity index (χ4v) is 3.21. The van der Waals surface area contributed by atoms with Gasteiger partial charge in [-0.1, -0.05) is 13.0 Å². The van der Waals surface area contributed by atoms with Crippen LogP contribution in [0.1, 0.15) is 49.4 Å². The number of rotatable bonds is 6. The summed E-state index contributed by atoms with van der Waals surface area (Å²) in [6, 6.07) is 6.76. The monoisotopic (exact) mass is 330 g/mol. The molecule has 2 aliphatic rings. The van der Waals surface area contributed by atoms with Crippen LogP contribution >= 0.6 is 0 Å². The molecule has 1 aromatic carbocycles. The van der Waals surface area contributed by atoms with Crippen LogP contribution in [0.5, 0.6) is 0 Å². The van der Waals surface area contributed by atoms with Crippen molar-refractivity contribution in [3.63, 3.8) is 0 Å². The molecule has 0 heterocycles. The van der Waals surface area contributed by atoms with Gasteiger partial charge < -0.3 is 15.7 Å². The highest BCUT2D eigenvalue weighted by atomic mass is 16.4. The first kappa shape index (κ1) is 16.5. The van der Waals surface area contributed by atoms with Gasteiger partial charge in [-0.05, 0) is 49.8 Å². The van der Waals surface area contributed by atoms with Gasteiger partial charge in [0.25, 0.3) is 5.91 Å². The number of hydrogen-bond acceptors (Lipinski definition) is 3. The largest absolute Gasteiger partial charge is 0.481 e. The first-order valence-corrected chi connectivity index (χ1v) is 8.34. The maximum atomic E-state index is 12.5. The molecule has 6 heteroatoms. The third-order valence-corrected chi connectivity index (χ3v) is 5.02. The molecule has 0 radical (unpaired) electrons. The fourth-order valence-electron chi connectivity index (χ4n) is 3.21. The van der Waals surface area contributed by atoms with Crippen LogP contribution in [-0.4, -0.2) is 28.4 Å². The minimum absolute atomic E-state index is 0.0126. The fraction of sp³-hybridized carbons (Fsp3) is 0.500. The molecule has 128 valence electrons. The summed E-state index contributed by atoms with van der Waals surface area (Å²) in [6.45, 7) is 2.04. The standard InChI is InChI=1S/C18H22N2O4/c1-11-8-14(11)17(24)19-13-5-2-4-12(9-13)16(23)20-18(6-3-7-18)10-15(21)22/h2,4-5,9,11,14H,3,6-8,10H2,1H3,(H,19,24)(H,20,23)(H,21,22). The van der Waals surface area contributed by atoms with Gasteiger partial charge in [0.2, 0.25) is 5.91 Å². The summed E-state index contributed by atoms with van der Waals surface area (Å²) in [5, 5.41) is 14.7. The lowest BCUT2D eigenvalue weighted by atomic mass is 9.74. The Morgan fingerprint density at radius 2 is 2.00 bits per heavy atom. The second-order valence-corrected chi connectivity index (χ2v) is 7.05. The molecule has 2 fully saturated rings. The van der Waals surface area contributed by atoms with Gasteiger partial charge in [0.05, 0.1) is 12.0 Å². The van der Waals surface area contributed by atoms with Crippen LogP contribution in [-0.2, 0) is 9.59 Å². The number of anilines is 1. The van der Waals surface area contributed by atoms with Gasteiger partial charge in [-0.15, -0.1) is 0 Å². The van der Waals surface area contributed by atoms with Crippen LogP contribution in [0.4, 0.5) is 5.69 Å². The first-order chi connectivity index (χ1) is 11.4. The van der Waals surface area contributed by atoms with Crippen molar-refractivity contribution in [1.82, 2.24) is 5.32 Å². The van der Waals surface area contributed by atoms with E-state index in [-0.39, 0.29) is 24.2 Å². The molecule has 2 atom stereocenters. The molecule has 0 aromatic heterocycles. The van der Waals surface area contributed by atoms with Crippen molar-refractivity contribution in [3.8, 4) is 0 Å². The molecule has 2 unspecified atom stereocenters. The number of carbonyl (C=O) groups excluding carboxylic acids is 2. The van der Waals surface area contributed by atoms with Gasteiger partial charge in [0.1, 0.15) is 0 Å². The van der Waals surface area contributed by atoms with E-state index in [2.05, 4.69) is 10.6 Å². The minimum Gasteiger partial charge on any atom is -0.481 e. The van der Waals surface area contributed by atoms with Crippen molar-refractivity contribution in [1.29, 1.82) is 0 Å². The molecule has 0 aliphatic heterocycles. The third-order valence-electron chi connectivity index (χ3n) is 5.02. The molecule has 3 N–H and O–H groups in total. The third kappa shape index (κ3) is 3.58. The number of benzene rings is 1. The van der Waals surface area contributed by atoms with E-state index in [1.54, 1.807) is 24.3 Å². The van der Waals surface area contributed by atoms with Crippen molar-refractivity contribution >= 4 is 23.5 Å². The van der Waals surface area contributed by atoms with Crippen LogP contribution in [0.3, 0.4) is 0 Å². The normalized spacial score (nSPS) is 23.7. The Balaban J connectivity index is 1.65. The zero-order valence-electron chi connectivity index (χ0n) is 13.7. The lowest BCUT2D eigenvalue weighted by molar-refractivity contribution is -0.139. The summed E-state index contributed by atoms with van der Waals surface area (Å²) in [5.74, 6) is -0.731.